The molecule has 22 heavy (non-hydrogen) atoms. The van der Waals surface area contributed by atoms with E-state index in [2.05, 4.69) is 0 Å². The Hall–Kier alpha value is -2.07. The molecule has 2 aromatic rings. The Morgan fingerprint density at radius 3 is 2.55 bits per heavy atom. The van der Waals surface area contributed by atoms with Gasteiger partial charge in [0.15, 0.2) is 0 Å². The minimum absolute atomic E-state index is 0.0614. The molecule has 0 aromatic heterocycles. The van der Waals surface area contributed by atoms with E-state index in [1.54, 1.807) is 49.4 Å². The van der Waals surface area contributed by atoms with Gasteiger partial charge in [0.2, 0.25) is 5.91 Å². The summed E-state index contributed by atoms with van der Waals surface area (Å²) >= 11 is 5.99. The predicted molar refractivity (Wildman–Crippen MR) is 84.6 cm³/mol. The summed E-state index contributed by atoms with van der Waals surface area (Å²) in [6, 6.07) is 11.2. The summed E-state index contributed by atoms with van der Waals surface area (Å²) in [6.45, 7) is 0.393. The van der Waals surface area contributed by atoms with Crippen LogP contribution in [0.2, 0.25) is 5.02 Å². The molecule has 0 saturated heterocycles. The lowest BCUT2D eigenvalue weighted by molar-refractivity contribution is -0.129. The van der Waals surface area contributed by atoms with Gasteiger partial charge in [-0.3, -0.25) is 4.79 Å². The normalized spacial score (nSPS) is 10.4. The van der Waals surface area contributed by atoms with Crippen molar-refractivity contribution >= 4 is 17.5 Å². The number of hydrogen-bond acceptors (Lipinski definition) is 2. The molecule has 0 fully saturated rings. The molecule has 0 spiro atoms. The number of halogens is 2. The van der Waals surface area contributed by atoms with Crippen LogP contribution >= 0.6 is 11.6 Å². The zero-order valence-corrected chi connectivity index (χ0v) is 13.2. The Labute approximate surface area is 134 Å². The van der Waals surface area contributed by atoms with E-state index in [9.17, 15) is 9.18 Å². The minimum atomic E-state index is -0.312. The molecule has 2 rings (SSSR count). The summed E-state index contributed by atoms with van der Waals surface area (Å²) in [7, 11) is 3.29. The number of amides is 1. The summed E-state index contributed by atoms with van der Waals surface area (Å²) in [5, 5.41) is 0.593. The van der Waals surface area contributed by atoms with E-state index in [0.29, 0.717) is 17.3 Å². The second kappa shape index (κ2) is 7.27. The van der Waals surface area contributed by atoms with Crippen LogP contribution in [0.3, 0.4) is 0 Å². The third-order valence-electron chi connectivity index (χ3n) is 3.34. The number of rotatable bonds is 5. The van der Waals surface area contributed by atoms with Gasteiger partial charge in [0.05, 0.1) is 13.5 Å². The van der Waals surface area contributed by atoms with Gasteiger partial charge in [-0.2, -0.15) is 0 Å². The summed E-state index contributed by atoms with van der Waals surface area (Å²) in [5.74, 6) is 0.313. The van der Waals surface area contributed by atoms with Crippen LogP contribution in [-0.2, 0) is 17.8 Å². The molecule has 0 aliphatic rings. The second-order valence-electron chi connectivity index (χ2n) is 5.01. The summed E-state index contributed by atoms with van der Waals surface area (Å²) < 4.78 is 18.1. The average molecular weight is 322 g/mol. The standard InChI is InChI=1S/C17H17ClFNO2/c1-20(11-13-10-14(18)5-8-16(13)22-2)17(21)9-12-3-6-15(19)7-4-12/h3-8,10H,9,11H2,1-2H3. The molecule has 0 bridgehead atoms. The monoisotopic (exact) mass is 321 g/mol. The predicted octanol–water partition coefficient (Wildman–Crippen LogP) is 3.69. The third kappa shape index (κ3) is 4.21. The molecule has 0 aliphatic carbocycles. The number of nitrogens with zero attached hydrogens (tertiary/aromatic N) is 1. The van der Waals surface area contributed by atoms with Gasteiger partial charge in [-0.15, -0.1) is 0 Å². The molecule has 0 aliphatic heterocycles. The van der Waals surface area contributed by atoms with E-state index in [1.165, 1.54) is 12.1 Å². The van der Waals surface area contributed by atoms with Crippen LogP contribution in [0.1, 0.15) is 11.1 Å². The highest BCUT2D eigenvalue weighted by Crippen LogP contribution is 2.24. The Balaban J connectivity index is 2.05. The first-order valence-corrected chi connectivity index (χ1v) is 7.18. The Morgan fingerprint density at radius 2 is 1.91 bits per heavy atom. The number of likely N-dealkylation sites (N-methyl/N-ethyl adjacent to an activating group) is 1. The molecule has 0 radical (unpaired) electrons. The molecule has 0 saturated carbocycles. The van der Waals surface area contributed by atoms with Crippen molar-refractivity contribution < 1.29 is 13.9 Å². The average Bonchev–Trinajstić information content (AvgIpc) is 2.49. The quantitative estimate of drug-likeness (QED) is 0.840. The lowest BCUT2D eigenvalue weighted by Gasteiger charge is -2.19. The van der Waals surface area contributed by atoms with Gasteiger partial charge in [-0.25, -0.2) is 4.39 Å². The number of hydrogen-bond donors (Lipinski definition) is 0. The van der Waals surface area contributed by atoms with Gasteiger partial charge >= 0.3 is 0 Å². The summed E-state index contributed by atoms with van der Waals surface area (Å²) in [6.07, 6.45) is 0.222. The van der Waals surface area contributed by atoms with E-state index in [4.69, 9.17) is 16.3 Å². The van der Waals surface area contributed by atoms with Crippen LogP contribution in [0.5, 0.6) is 5.75 Å². The molecule has 0 N–H and O–H groups in total. The Morgan fingerprint density at radius 1 is 1.23 bits per heavy atom. The molecular weight excluding hydrogens is 305 g/mol. The van der Waals surface area contributed by atoms with Gasteiger partial charge in [0, 0.05) is 24.2 Å². The number of carbonyl (C=O) groups excluding carboxylic acids is 1. The van der Waals surface area contributed by atoms with Crippen LogP contribution < -0.4 is 4.74 Å². The fourth-order valence-electron chi connectivity index (χ4n) is 2.13. The van der Waals surface area contributed by atoms with Crippen molar-refractivity contribution in [2.24, 2.45) is 0 Å². The molecule has 0 unspecified atom stereocenters. The number of benzene rings is 2. The van der Waals surface area contributed by atoms with Gasteiger partial charge in [-0.05, 0) is 35.9 Å². The van der Waals surface area contributed by atoms with E-state index < -0.39 is 0 Å². The largest absolute Gasteiger partial charge is 0.496 e. The third-order valence-corrected chi connectivity index (χ3v) is 3.58. The van der Waals surface area contributed by atoms with E-state index in [-0.39, 0.29) is 18.1 Å². The van der Waals surface area contributed by atoms with Crippen molar-refractivity contribution in [3.8, 4) is 5.75 Å². The molecule has 0 heterocycles. The zero-order valence-electron chi connectivity index (χ0n) is 12.5. The van der Waals surface area contributed by atoms with E-state index >= 15 is 0 Å². The van der Waals surface area contributed by atoms with Gasteiger partial charge in [0.25, 0.3) is 0 Å². The Kier molecular flexibility index (Phi) is 5.39. The summed E-state index contributed by atoms with van der Waals surface area (Å²) in [5.41, 5.74) is 1.61. The van der Waals surface area contributed by atoms with Crippen molar-refractivity contribution in [1.29, 1.82) is 0 Å². The highest BCUT2D eigenvalue weighted by molar-refractivity contribution is 6.30. The zero-order chi connectivity index (χ0) is 16.1. The maximum absolute atomic E-state index is 12.9. The molecule has 2 aromatic carbocycles. The molecule has 3 nitrogen and oxygen atoms in total. The number of ether oxygens (including phenoxy) is 1. The first-order chi connectivity index (χ1) is 10.5. The van der Waals surface area contributed by atoms with Crippen molar-refractivity contribution in [3.63, 3.8) is 0 Å². The smallest absolute Gasteiger partial charge is 0.227 e. The second-order valence-corrected chi connectivity index (χ2v) is 5.45. The van der Waals surface area contributed by atoms with Crippen LogP contribution in [0.4, 0.5) is 4.39 Å². The molecule has 116 valence electrons. The molecule has 1 amide bonds. The lowest BCUT2D eigenvalue weighted by Crippen LogP contribution is -2.27. The molecular formula is C17H17ClFNO2. The molecule has 5 heteroatoms. The highest BCUT2D eigenvalue weighted by atomic mass is 35.5. The van der Waals surface area contributed by atoms with Gasteiger partial charge in [0.1, 0.15) is 11.6 Å². The van der Waals surface area contributed by atoms with Crippen LogP contribution in [0.25, 0.3) is 0 Å². The topological polar surface area (TPSA) is 29.5 Å². The van der Waals surface area contributed by atoms with Gasteiger partial charge in [-0.1, -0.05) is 23.7 Å². The molecule has 0 atom stereocenters. The van der Waals surface area contributed by atoms with Crippen molar-refractivity contribution in [2.45, 2.75) is 13.0 Å². The lowest BCUT2D eigenvalue weighted by atomic mass is 10.1. The highest BCUT2D eigenvalue weighted by Gasteiger charge is 2.13. The minimum Gasteiger partial charge on any atom is -0.496 e. The fraction of sp³-hybridized carbons (Fsp3) is 0.235. The van der Waals surface area contributed by atoms with Crippen molar-refractivity contribution in [2.75, 3.05) is 14.2 Å². The first-order valence-electron chi connectivity index (χ1n) is 6.80. The summed E-state index contributed by atoms with van der Waals surface area (Å²) in [4.78, 5) is 13.8. The van der Waals surface area contributed by atoms with Crippen molar-refractivity contribution in [1.82, 2.24) is 4.90 Å². The van der Waals surface area contributed by atoms with Crippen molar-refractivity contribution in [3.05, 3.63) is 64.4 Å². The van der Waals surface area contributed by atoms with Crippen LogP contribution in [0.15, 0.2) is 42.5 Å². The number of methoxy groups -OCH3 is 1. The van der Waals surface area contributed by atoms with E-state index in [1.807, 2.05) is 0 Å². The first kappa shape index (κ1) is 16.3. The van der Waals surface area contributed by atoms with Gasteiger partial charge < -0.3 is 9.64 Å². The van der Waals surface area contributed by atoms with Crippen LogP contribution in [-0.4, -0.2) is 25.0 Å². The van der Waals surface area contributed by atoms with E-state index in [0.717, 1.165) is 11.1 Å². The number of carbonyl (C=O) groups is 1. The fourth-order valence-corrected chi connectivity index (χ4v) is 2.32. The maximum atomic E-state index is 12.9. The Bertz CT molecular complexity index is 658. The SMILES string of the molecule is COc1ccc(Cl)cc1CN(C)C(=O)Cc1ccc(F)cc1. The van der Waals surface area contributed by atoms with Crippen LogP contribution in [0, 0.1) is 5.82 Å². The maximum Gasteiger partial charge on any atom is 0.227 e.